The second kappa shape index (κ2) is 6.07. The fraction of sp³-hybridized carbons (Fsp3) is 0.125. The van der Waals surface area contributed by atoms with Crippen molar-refractivity contribution in [2.75, 3.05) is 16.0 Å². The average molecular weight is 316 g/mol. The lowest BCUT2D eigenvalue weighted by molar-refractivity contribution is -0.116. The molecule has 3 rings (SSSR count). The molecule has 0 spiro atoms. The van der Waals surface area contributed by atoms with E-state index in [1.165, 1.54) is 0 Å². The van der Waals surface area contributed by atoms with E-state index >= 15 is 0 Å². The zero-order chi connectivity index (χ0) is 15.5. The highest BCUT2D eigenvalue weighted by atomic mass is 35.5. The van der Waals surface area contributed by atoms with Crippen molar-refractivity contribution < 1.29 is 9.59 Å². The van der Waals surface area contributed by atoms with Crippen LogP contribution in [0.1, 0.15) is 12.0 Å². The first-order chi connectivity index (χ1) is 10.6. The number of hydrogen-bond acceptors (Lipinski definition) is 2. The van der Waals surface area contributed by atoms with Crippen molar-refractivity contribution in [1.82, 2.24) is 0 Å². The number of hydrogen-bond donors (Lipinski definition) is 3. The van der Waals surface area contributed by atoms with Crippen molar-refractivity contribution >= 4 is 40.6 Å². The monoisotopic (exact) mass is 315 g/mol. The molecule has 0 aliphatic carbocycles. The van der Waals surface area contributed by atoms with Gasteiger partial charge in [-0.1, -0.05) is 17.7 Å². The molecule has 1 aliphatic rings. The van der Waals surface area contributed by atoms with Crippen molar-refractivity contribution in [3.8, 4) is 0 Å². The molecule has 0 aromatic heterocycles. The van der Waals surface area contributed by atoms with Gasteiger partial charge in [0.05, 0.1) is 0 Å². The number of carbonyl (C=O) groups is 2. The van der Waals surface area contributed by atoms with E-state index in [1.54, 1.807) is 36.4 Å². The third-order valence-corrected chi connectivity index (χ3v) is 3.58. The zero-order valence-corrected chi connectivity index (χ0v) is 12.4. The van der Waals surface area contributed by atoms with Crippen LogP contribution in [0.4, 0.5) is 21.9 Å². The summed E-state index contributed by atoms with van der Waals surface area (Å²) in [5.74, 6) is 0.0203. The van der Waals surface area contributed by atoms with Crippen LogP contribution in [0.15, 0.2) is 42.5 Å². The first-order valence-corrected chi connectivity index (χ1v) is 7.24. The zero-order valence-electron chi connectivity index (χ0n) is 11.7. The summed E-state index contributed by atoms with van der Waals surface area (Å²) in [6.45, 7) is 0. The largest absolute Gasteiger partial charge is 0.326 e. The van der Waals surface area contributed by atoms with E-state index in [2.05, 4.69) is 16.0 Å². The number of nitrogens with one attached hydrogen (secondary N) is 3. The fourth-order valence-electron chi connectivity index (χ4n) is 2.32. The smallest absolute Gasteiger partial charge is 0.323 e. The van der Waals surface area contributed by atoms with Gasteiger partial charge in [-0.05, 0) is 48.4 Å². The van der Waals surface area contributed by atoms with Gasteiger partial charge in [-0.2, -0.15) is 0 Å². The summed E-state index contributed by atoms with van der Waals surface area (Å²) >= 11 is 5.87. The third-order valence-electron chi connectivity index (χ3n) is 3.34. The maximum absolute atomic E-state index is 12.0. The Balaban J connectivity index is 1.68. The average Bonchev–Trinajstić information content (AvgIpc) is 2.47. The van der Waals surface area contributed by atoms with Crippen LogP contribution in [0.2, 0.25) is 5.02 Å². The minimum absolute atomic E-state index is 0.0203. The molecule has 0 saturated carbocycles. The maximum atomic E-state index is 12.0. The van der Waals surface area contributed by atoms with Crippen LogP contribution in [-0.2, 0) is 11.2 Å². The van der Waals surface area contributed by atoms with Crippen LogP contribution in [0.3, 0.4) is 0 Å². The highest BCUT2D eigenvalue weighted by Gasteiger charge is 2.15. The van der Waals surface area contributed by atoms with Gasteiger partial charge in [-0.15, -0.1) is 0 Å². The van der Waals surface area contributed by atoms with E-state index in [0.717, 1.165) is 11.3 Å². The molecule has 6 heteroatoms. The van der Waals surface area contributed by atoms with Crippen LogP contribution >= 0.6 is 11.6 Å². The molecular weight excluding hydrogens is 302 g/mol. The van der Waals surface area contributed by atoms with E-state index in [9.17, 15) is 9.59 Å². The number of anilines is 3. The van der Waals surface area contributed by atoms with Gasteiger partial charge in [0.15, 0.2) is 0 Å². The lowest BCUT2D eigenvalue weighted by Crippen LogP contribution is -2.21. The van der Waals surface area contributed by atoms with Gasteiger partial charge in [0, 0.05) is 28.5 Å². The third kappa shape index (κ3) is 3.38. The normalized spacial score (nSPS) is 13.0. The number of fused-ring (bicyclic) bond motifs is 1. The van der Waals surface area contributed by atoms with Crippen LogP contribution in [0, 0.1) is 0 Å². The van der Waals surface area contributed by atoms with Crippen molar-refractivity contribution in [3.63, 3.8) is 0 Å². The number of carbonyl (C=O) groups excluding carboxylic acids is 2. The number of benzene rings is 2. The number of halogens is 1. The number of rotatable bonds is 2. The highest BCUT2D eigenvalue weighted by molar-refractivity contribution is 6.30. The Bertz CT molecular complexity index is 746. The molecule has 2 aromatic rings. The molecule has 2 aromatic carbocycles. The molecule has 3 amide bonds. The molecular formula is C16H14ClN3O2. The predicted octanol–water partition coefficient (Wildman–Crippen LogP) is 3.87. The van der Waals surface area contributed by atoms with Gasteiger partial charge in [-0.25, -0.2) is 4.79 Å². The van der Waals surface area contributed by atoms with E-state index in [1.807, 2.05) is 6.07 Å². The first kappa shape index (κ1) is 14.4. The van der Waals surface area contributed by atoms with Crippen LogP contribution < -0.4 is 16.0 Å². The molecule has 0 radical (unpaired) electrons. The first-order valence-electron chi connectivity index (χ1n) is 6.86. The molecule has 0 saturated heterocycles. The summed E-state index contributed by atoms with van der Waals surface area (Å²) in [6.07, 6.45) is 1.14. The Kier molecular flexibility index (Phi) is 3.98. The summed E-state index contributed by atoms with van der Waals surface area (Å²) in [5.41, 5.74) is 3.11. The molecule has 0 bridgehead atoms. The quantitative estimate of drug-likeness (QED) is 0.787. The SMILES string of the molecule is O=C1CCc2cc(NC(=O)Nc3cccc(Cl)c3)ccc2N1. The van der Waals surface area contributed by atoms with Crippen molar-refractivity contribution in [2.45, 2.75) is 12.8 Å². The molecule has 112 valence electrons. The van der Waals surface area contributed by atoms with Gasteiger partial charge >= 0.3 is 6.03 Å². The second-order valence-electron chi connectivity index (χ2n) is 5.01. The number of amides is 3. The number of urea groups is 1. The minimum Gasteiger partial charge on any atom is -0.326 e. The Morgan fingerprint density at radius 2 is 1.82 bits per heavy atom. The van der Waals surface area contributed by atoms with E-state index < -0.39 is 0 Å². The van der Waals surface area contributed by atoms with Crippen molar-refractivity contribution in [3.05, 3.63) is 53.1 Å². The molecule has 22 heavy (non-hydrogen) atoms. The standard InChI is InChI=1S/C16H14ClN3O2/c17-11-2-1-3-12(9-11)18-16(22)19-13-5-6-14-10(8-13)4-7-15(21)20-14/h1-3,5-6,8-9H,4,7H2,(H,20,21)(H2,18,19,22). The predicted molar refractivity (Wildman–Crippen MR) is 87.5 cm³/mol. The summed E-state index contributed by atoms with van der Waals surface area (Å²) < 4.78 is 0. The van der Waals surface area contributed by atoms with Crippen LogP contribution in [0.25, 0.3) is 0 Å². The van der Waals surface area contributed by atoms with Crippen molar-refractivity contribution in [2.24, 2.45) is 0 Å². The van der Waals surface area contributed by atoms with Crippen LogP contribution in [-0.4, -0.2) is 11.9 Å². The lowest BCUT2D eigenvalue weighted by Gasteiger charge is -2.17. The van der Waals surface area contributed by atoms with Gasteiger partial charge in [0.2, 0.25) is 5.91 Å². The maximum Gasteiger partial charge on any atom is 0.323 e. The van der Waals surface area contributed by atoms with Gasteiger partial charge in [0.25, 0.3) is 0 Å². The Morgan fingerprint density at radius 3 is 2.59 bits per heavy atom. The Morgan fingerprint density at radius 1 is 1.05 bits per heavy atom. The van der Waals surface area contributed by atoms with Gasteiger partial charge in [-0.3, -0.25) is 4.79 Å². The molecule has 0 unspecified atom stereocenters. The molecule has 0 atom stereocenters. The van der Waals surface area contributed by atoms with E-state index in [0.29, 0.717) is 29.2 Å². The molecule has 1 heterocycles. The highest BCUT2D eigenvalue weighted by Crippen LogP contribution is 2.25. The van der Waals surface area contributed by atoms with Crippen molar-refractivity contribution in [1.29, 1.82) is 0 Å². The van der Waals surface area contributed by atoms with E-state index in [4.69, 9.17) is 11.6 Å². The fourth-order valence-corrected chi connectivity index (χ4v) is 2.51. The van der Waals surface area contributed by atoms with E-state index in [-0.39, 0.29) is 11.9 Å². The molecule has 3 N–H and O–H groups in total. The van der Waals surface area contributed by atoms with Gasteiger partial charge < -0.3 is 16.0 Å². The van der Waals surface area contributed by atoms with Gasteiger partial charge in [0.1, 0.15) is 0 Å². The summed E-state index contributed by atoms with van der Waals surface area (Å²) in [6, 6.07) is 12.0. The summed E-state index contributed by atoms with van der Waals surface area (Å²) in [4.78, 5) is 23.3. The minimum atomic E-state index is -0.345. The summed E-state index contributed by atoms with van der Waals surface area (Å²) in [7, 11) is 0. The lowest BCUT2D eigenvalue weighted by atomic mass is 10.0. The second-order valence-corrected chi connectivity index (χ2v) is 5.45. The molecule has 1 aliphatic heterocycles. The topological polar surface area (TPSA) is 70.2 Å². The Labute approximate surface area is 132 Å². The molecule has 5 nitrogen and oxygen atoms in total. The summed E-state index contributed by atoms with van der Waals surface area (Å²) in [5, 5.41) is 8.84. The molecule has 0 fully saturated rings. The van der Waals surface area contributed by atoms with Crippen LogP contribution in [0.5, 0.6) is 0 Å². The Hall–Kier alpha value is -2.53. The number of aryl methyl sites for hydroxylation is 1.